The number of furan rings is 1. The molecule has 0 saturated carbocycles. The number of pyridine rings is 1. The van der Waals surface area contributed by atoms with E-state index in [2.05, 4.69) is 10.1 Å². The maximum absolute atomic E-state index is 13.4. The molecule has 0 aliphatic carbocycles. The van der Waals surface area contributed by atoms with Crippen molar-refractivity contribution in [3.63, 3.8) is 0 Å². The fraction of sp³-hybridized carbons (Fsp3) is 0.174. The molecule has 3 aromatic heterocycles. The molecule has 0 radical (unpaired) electrons. The van der Waals surface area contributed by atoms with Crippen molar-refractivity contribution in [3.8, 4) is 5.69 Å². The van der Waals surface area contributed by atoms with Gasteiger partial charge in [-0.3, -0.25) is 9.78 Å². The van der Waals surface area contributed by atoms with Crippen molar-refractivity contribution < 1.29 is 9.21 Å². The second-order valence-corrected chi connectivity index (χ2v) is 7.15. The van der Waals surface area contributed by atoms with E-state index in [0.717, 1.165) is 22.7 Å². The van der Waals surface area contributed by atoms with E-state index in [1.807, 2.05) is 73.7 Å². The van der Waals surface area contributed by atoms with Gasteiger partial charge in [0.05, 0.1) is 18.5 Å². The Bertz CT molecular complexity index is 1090. The van der Waals surface area contributed by atoms with E-state index >= 15 is 0 Å². The first-order chi connectivity index (χ1) is 14.6. The smallest absolute Gasteiger partial charge is 0.273 e. The predicted octanol–water partition coefficient (Wildman–Crippen LogP) is 3.77. The van der Waals surface area contributed by atoms with Gasteiger partial charge in [0.25, 0.3) is 5.91 Å². The molecule has 7 heteroatoms. The molecule has 0 bridgehead atoms. The van der Waals surface area contributed by atoms with Gasteiger partial charge in [-0.1, -0.05) is 12.1 Å². The van der Waals surface area contributed by atoms with E-state index in [4.69, 9.17) is 4.42 Å². The number of benzene rings is 1. The Hall–Kier alpha value is -3.87. The first-order valence-corrected chi connectivity index (χ1v) is 9.64. The summed E-state index contributed by atoms with van der Waals surface area (Å²) < 4.78 is 7.19. The molecule has 0 unspecified atom stereocenters. The summed E-state index contributed by atoms with van der Waals surface area (Å²) in [7, 11) is 4.00. The minimum absolute atomic E-state index is 0.169. The van der Waals surface area contributed by atoms with Gasteiger partial charge in [0.2, 0.25) is 0 Å². The summed E-state index contributed by atoms with van der Waals surface area (Å²) in [6.07, 6.45) is 6.76. The van der Waals surface area contributed by atoms with Crippen LogP contribution in [0.4, 0.5) is 5.69 Å². The van der Waals surface area contributed by atoms with E-state index < -0.39 is 0 Å². The van der Waals surface area contributed by atoms with E-state index in [-0.39, 0.29) is 5.91 Å². The summed E-state index contributed by atoms with van der Waals surface area (Å²) in [4.78, 5) is 21.4. The molecule has 4 aromatic rings. The highest BCUT2D eigenvalue weighted by Crippen LogP contribution is 2.18. The molecular weight excluding hydrogens is 378 g/mol. The third kappa shape index (κ3) is 4.41. The largest absolute Gasteiger partial charge is 0.467 e. The SMILES string of the molecule is CN(C)c1ccc(CN(Cc2ccco2)C(=O)c2cc(-n3cccn3)ccn2)cc1. The monoisotopic (exact) mass is 401 g/mol. The minimum atomic E-state index is -0.169. The van der Waals surface area contributed by atoms with Crippen LogP contribution in [-0.4, -0.2) is 39.7 Å². The van der Waals surface area contributed by atoms with Gasteiger partial charge in [0.1, 0.15) is 11.5 Å². The summed E-state index contributed by atoms with van der Waals surface area (Å²) in [5.74, 6) is 0.550. The van der Waals surface area contributed by atoms with Crippen LogP contribution in [0.1, 0.15) is 21.8 Å². The van der Waals surface area contributed by atoms with Crippen molar-refractivity contribution in [1.82, 2.24) is 19.7 Å². The fourth-order valence-electron chi connectivity index (χ4n) is 3.17. The van der Waals surface area contributed by atoms with Gasteiger partial charge >= 0.3 is 0 Å². The summed E-state index contributed by atoms with van der Waals surface area (Å²) in [5.41, 5.74) is 3.28. The Kier molecular flexibility index (Phi) is 5.61. The summed E-state index contributed by atoms with van der Waals surface area (Å²) in [5, 5.41) is 4.23. The number of hydrogen-bond donors (Lipinski definition) is 0. The lowest BCUT2D eigenvalue weighted by molar-refractivity contribution is 0.0711. The van der Waals surface area contributed by atoms with Crippen molar-refractivity contribution in [1.29, 1.82) is 0 Å². The molecule has 7 nitrogen and oxygen atoms in total. The van der Waals surface area contributed by atoms with E-state index in [9.17, 15) is 4.79 Å². The molecule has 4 rings (SSSR count). The standard InChI is InChI=1S/C23H23N5O2/c1-26(2)19-8-6-18(7-9-19)16-27(17-21-5-3-14-30-21)23(29)22-15-20(10-12-24-22)28-13-4-11-25-28/h3-15H,16-17H2,1-2H3. The number of carbonyl (C=O) groups excluding carboxylic acids is 1. The van der Waals surface area contributed by atoms with Crippen molar-refractivity contribution in [3.05, 3.63) is 96.5 Å². The third-order valence-corrected chi connectivity index (χ3v) is 4.77. The molecule has 1 amide bonds. The van der Waals surface area contributed by atoms with Gasteiger partial charge < -0.3 is 14.2 Å². The zero-order valence-corrected chi connectivity index (χ0v) is 17.0. The lowest BCUT2D eigenvalue weighted by Gasteiger charge is -2.22. The highest BCUT2D eigenvalue weighted by Gasteiger charge is 2.20. The highest BCUT2D eigenvalue weighted by atomic mass is 16.3. The molecule has 0 spiro atoms. The topological polar surface area (TPSA) is 67.4 Å². The molecule has 0 N–H and O–H groups in total. The van der Waals surface area contributed by atoms with Crippen LogP contribution in [0.3, 0.4) is 0 Å². The van der Waals surface area contributed by atoms with Crippen LogP contribution >= 0.6 is 0 Å². The van der Waals surface area contributed by atoms with Crippen molar-refractivity contribution in [2.45, 2.75) is 13.1 Å². The van der Waals surface area contributed by atoms with Crippen molar-refractivity contribution >= 4 is 11.6 Å². The van der Waals surface area contributed by atoms with Crippen LogP contribution in [0.5, 0.6) is 0 Å². The molecular formula is C23H23N5O2. The first kappa shape index (κ1) is 19.4. The quantitative estimate of drug-likeness (QED) is 0.472. The number of hydrogen-bond acceptors (Lipinski definition) is 5. The lowest BCUT2D eigenvalue weighted by atomic mass is 10.1. The van der Waals surface area contributed by atoms with E-state index in [1.54, 1.807) is 34.3 Å². The van der Waals surface area contributed by atoms with Gasteiger partial charge in [-0.2, -0.15) is 5.10 Å². The third-order valence-electron chi connectivity index (χ3n) is 4.77. The van der Waals surface area contributed by atoms with Crippen LogP contribution in [0.15, 0.2) is 83.9 Å². The van der Waals surface area contributed by atoms with Crippen LogP contribution in [0.25, 0.3) is 5.69 Å². The fourth-order valence-corrected chi connectivity index (χ4v) is 3.17. The molecule has 1 aromatic carbocycles. The van der Waals surface area contributed by atoms with Gasteiger partial charge in [-0.25, -0.2) is 4.68 Å². The van der Waals surface area contributed by atoms with Crippen LogP contribution < -0.4 is 4.90 Å². The van der Waals surface area contributed by atoms with Crippen molar-refractivity contribution in [2.75, 3.05) is 19.0 Å². The Balaban J connectivity index is 1.60. The average Bonchev–Trinajstić information content (AvgIpc) is 3.48. The number of anilines is 1. The molecule has 152 valence electrons. The highest BCUT2D eigenvalue weighted by molar-refractivity contribution is 5.92. The number of carbonyl (C=O) groups is 1. The van der Waals surface area contributed by atoms with Crippen LogP contribution in [-0.2, 0) is 13.1 Å². The van der Waals surface area contributed by atoms with E-state index in [0.29, 0.717) is 18.8 Å². The minimum Gasteiger partial charge on any atom is -0.467 e. The second kappa shape index (κ2) is 8.65. The normalized spacial score (nSPS) is 10.7. The zero-order chi connectivity index (χ0) is 20.9. The summed E-state index contributed by atoms with van der Waals surface area (Å²) >= 11 is 0. The molecule has 0 atom stereocenters. The summed E-state index contributed by atoms with van der Waals surface area (Å²) in [6.45, 7) is 0.801. The number of nitrogens with zero attached hydrogens (tertiary/aromatic N) is 5. The zero-order valence-electron chi connectivity index (χ0n) is 17.0. The molecule has 30 heavy (non-hydrogen) atoms. The maximum Gasteiger partial charge on any atom is 0.273 e. The maximum atomic E-state index is 13.4. The molecule has 0 fully saturated rings. The molecule has 0 saturated heterocycles. The Morgan fingerprint density at radius 1 is 1.03 bits per heavy atom. The molecule has 3 heterocycles. The number of aromatic nitrogens is 3. The van der Waals surface area contributed by atoms with Gasteiger partial charge in [0, 0.05) is 44.9 Å². The Morgan fingerprint density at radius 3 is 2.53 bits per heavy atom. The van der Waals surface area contributed by atoms with Crippen LogP contribution in [0, 0.1) is 0 Å². The second-order valence-electron chi connectivity index (χ2n) is 7.15. The van der Waals surface area contributed by atoms with Crippen molar-refractivity contribution in [2.24, 2.45) is 0 Å². The number of rotatable bonds is 7. The van der Waals surface area contributed by atoms with Crippen LogP contribution in [0.2, 0.25) is 0 Å². The average molecular weight is 401 g/mol. The van der Waals surface area contributed by atoms with Gasteiger partial charge in [0.15, 0.2) is 0 Å². The Labute approximate surface area is 175 Å². The summed E-state index contributed by atoms with van der Waals surface area (Å²) in [6, 6.07) is 17.2. The van der Waals surface area contributed by atoms with E-state index in [1.165, 1.54) is 0 Å². The lowest BCUT2D eigenvalue weighted by Crippen LogP contribution is -2.30. The first-order valence-electron chi connectivity index (χ1n) is 9.64. The predicted molar refractivity (Wildman–Crippen MR) is 114 cm³/mol. The van der Waals surface area contributed by atoms with Gasteiger partial charge in [-0.15, -0.1) is 0 Å². The molecule has 0 aliphatic rings. The van der Waals surface area contributed by atoms with Gasteiger partial charge in [-0.05, 0) is 48.0 Å². The molecule has 0 aliphatic heterocycles. The Morgan fingerprint density at radius 2 is 1.87 bits per heavy atom. The number of amides is 1.